The van der Waals surface area contributed by atoms with Crippen LogP contribution in [0.4, 0.5) is 0 Å². The normalized spacial score (nSPS) is 32.1. The molecule has 2 saturated carbocycles. The van der Waals surface area contributed by atoms with Crippen LogP contribution < -0.4 is 14.2 Å². The van der Waals surface area contributed by atoms with E-state index >= 15 is 0 Å². The highest BCUT2D eigenvalue weighted by molar-refractivity contribution is 5.93. The van der Waals surface area contributed by atoms with Crippen molar-refractivity contribution in [2.75, 3.05) is 7.11 Å². The topological polar surface area (TPSA) is 82.1 Å². The summed E-state index contributed by atoms with van der Waals surface area (Å²) in [5.41, 5.74) is 0.719. The number of hydrogen-bond acceptors (Lipinski definition) is 6. The Balaban J connectivity index is 1.44. The third-order valence-corrected chi connectivity index (χ3v) is 7.95. The molecule has 6 heteroatoms. The monoisotopic (exact) mass is 420 g/mol. The highest BCUT2D eigenvalue weighted by atomic mass is 16.6. The molecule has 4 atom stereocenters. The molecule has 0 saturated heterocycles. The van der Waals surface area contributed by atoms with Crippen LogP contribution in [0.1, 0.15) is 53.6 Å². The van der Waals surface area contributed by atoms with Crippen LogP contribution in [0.3, 0.4) is 0 Å². The maximum Gasteiger partial charge on any atom is 0.343 e. The molecule has 2 aromatic rings. The molecule has 3 unspecified atom stereocenters. The van der Waals surface area contributed by atoms with Crippen molar-refractivity contribution in [3.8, 4) is 17.2 Å². The summed E-state index contributed by atoms with van der Waals surface area (Å²) in [7, 11) is 1.57. The first-order valence-corrected chi connectivity index (χ1v) is 10.9. The van der Waals surface area contributed by atoms with Gasteiger partial charge in [-0.3, -0.25) is 4.79 Å². The van der Waals surface area contributed by atoms with Gasteiger partial charge in [0.25, 0.3) is 0 Å². The van der Waals surface area contributed by atoms with Crippen molar-refractivity contribution >= 4 is 11.8 Å². The number of methoxy groups -OCH3 is 1. The minimum absolute atomic E-state index is 0.0294. The zero-order valence-electron chi connectivity index (χ0n) is 17.3. The molecule has 6 rings (SSSR count). The van der Waals surface area contributed by atoms with Crippen LogP contribution in [-0.2, 0) is 16.6 Å². The summed E-state index contributed by atoms with van der Waals surface area (Å²) in [6, 6.07) is 10.4. The number of hydrogen-bond donors (Lipinski definition) is 1. The predicted molar refractivity (Wildman–Crippen MR) is 111 cm³/mol. The van der Waals surface area contributed by atoms with Crippen molar-refractivity contribution in [1.82, 2.24) is 0 Å². The molecule has 31 heavy (non-hydrogen) atoms. The number of carbonyl (C=O) groups is 2. The molecule has 1 spiro atoms. The quantitative estimate of drug-likeness (QED) is 0.606. The SMILES string of the molecule is COc1ccc(C(=O)Oc2ccc3c4c2OC2C(=O)CC[C@]5(O)C(CCCC425)C3)cc1. The van der Waals surface area contributed by atoms with Gasteiger partial charge in [0, 0.05) is 12.0 Å². The highest BCUT2D eigenvalue weighted by Gasteiger charge is 2.71. The molecule has 1 aliphatic heterocycles. The summed E-state index contributed by atoms with van der Waals surface area (Å²) >= 11 is 0. The van der Waals surface area contributed by atoms with Gasteiger partial charge in [-0.15, -0.1) is 0 Å². The lowest BCUT2D eigenvalue weighted by atomic mass is 9.46. The Morgan fingerprint density at radius 2 is 1.97 bits per heavy atom. The number of benzene rings is 2. The molecule has 1 N–H and O–H groups in total. The van der Waals surface area contributed by atoms with E-state index in [0.29, 0.717) is 42.1 Å². The molecule has 160 valence electrons. The van der Waals surface area contributed by atoms with E-state index < -0.39 is 23.1 Å². The Bertz CT molecular complexity index is 1110. The van der Waals surface area contributed by atoms with Crippen molar-refractivity contribution < 1.29 is 28.9 Å². The maximum absolute atomic E-state index is 12.9. The van der Waals surface area contributed by atoms with Gasteiger partial charge in [0.2, 0.25) is 0 Å². The van der Waals surface area contributed by atoms with Gasteiger partial charge in [0.1, 0.15) is 5.75 Å². The Morgan fingerprint density at radius 1 is 1.16 bits per heavy atom. The molecule has 6 nitrogen and oxygen atoms in total. The molecule has 1 heterocycles. The van der Waals surface area contributed by atoms with Crippen LogP contribution in [0.2, 0.25) is 0 Å². The summed E-state index contributed by atoms with van der Waals surface area (Å²) in [5.74, 6) is 1.07. The second kappa shape index (κ2) is 6.33. The van der Waals surface area contributed by atoms with Crippen LogP contribution >= 0.6 is 0 Å². The lowest BCUT2D eigenvalue weighted by Crippen LogP contribution is -2.69. The third-order valence-electron chi connectivity index (χ3n) is 7.95. The molecule has 0 aromatic heterocycles. The summed E-state index contributed by atoms with van der Waals surface area (Å²) in [6.07, 6.45) is 3.49. The molecule has 2 bridgehead atoms. The number of esters is 1. The predicted octanol–water partition coefficient (Wildman–Crippen LogP) is 3.36. The van der Waals surface area contributed by atoms with Gasteiger partial charge in [0.05, 0.1) is 23.7 Å². The molecule has 0 amide bonds. The van der Waals surface area contributed by atoms with Gasteiger partial charge < -0.3 is 19.3 Å². The Morgan fingerprint density at radius 3 is 2.74 bits per heavy atom. The number of ketones is 1. The van der Waals surface area contributed by atoms with Gasteiger partial charge in [-0.25, -0.2) is 4.79 Å². The Hall–Kier alpha value is -2.86. The molecule has 2 fully saturated rings. The minimum atomic E-state index is -0.944. The van der Waals surface area contributed by atoms with E-state index in [0.717, 1.165) is 30.4 Å². The molecular formula is C25H24O6. The van der Waals surface area contributed by atoms with Crippen molar-refractivity contribution in [3.63, 3.8) is 0 Å². The van der Waals surface area contributed by atoms with Gasteiger partial charge >= 0.3 is 5.97 Å². The average Bonchev–Trinajstić information content (AvgIpc) is 3.13. The van der Waals surface area contributed by atoms with E-state index in [4.69, 9.17) is 14.2 Å². The first-order chi connectivity index (χ1) is 15.0. The fraction of sp³-hybridized carbons (Fsp3) is 0.440. The number of Topliss-reactive ketones (excluding diaryl/α,β-unsaturated/α-hetero) is 1. The van der Waals surface area contributed by atoms with Crippen LogP contribution in [-0.4, -0.2) is 35.7 Å². The number of carbonyl (C=O) groups excluding carboxylic acids is 2. The number of rotatable bonds is 3. The average molecular weight is 420 g/mol. The van der Waals surface area contributed by atoms with E-state index in [1.807, 2.05) is 6.07 Å². The summed E-state index contributed by atoms with van der Waals surface area (Å²) in [6.45, 7) is 0. The highest BCUT2D eigenvalue weighted by Crippen LogP contribution is 2.66. The molecule has 3 aliphatic carbocycles. The van der Waals surface area contributed by atoms with Gasteiger partial charge in [-0.2, -0.15) is 0 Å². The largest absolute Gasteiger partial charge is 0.497 e. The van der Waals surface area contributed by atoms with Gasteiger partial charge in [-0.05, 0) is 67.5 Å². The zero-order valence-corrected chi connectivity index (χ0v) is 17.3. The molecule has 2 aromatic carbocycles. The lowest BCUT2D eigenvalue weighted by molar-refractivity contribution is -0.177. The summed E-state index contributed by atoms with van der Waals surface area (Å²) in [5, 5.41) is 11.9. The standard InChI is InChI=1S/C25H24O6/c1-29-17-7-4-14(5-8-17)23(27)30-19-9-6-15-13-16-3-2-11-24-20(15)21(19)31-22(24)18(26)10-12-25(16,24)28/h4-9,16,22,28H,2-3,10-13H2,1H3/t16?,22?,24?,25-/m0/s1. The number of ether oxygens (including phenoxy) is 3. The van der Waals surface area contributed by atoms with Crippen molar-refractivity contribution in [2.24, 2.45) is 5.92 Å². The van der Waals surface area contributed by atoms with Crippen molar-refractivity contribution in [1.29, 1.82) is 0 Å². The lowest BCUT2D eigenvalue weighted by Gasteiger charge is -2.59. The second-order valence-electron chi connectivity index (χ2n) is 9.20. The zero-order chi connectivity index (χ0) is 21.4. The Labute approximate surface area is 180 Å². The van der Waals surface area contributed by atoms with Crippen LogP contribution in [0.5, 0.6) is 17.2 Å². The maximum atomic E-state index is 12.9. The fourth-order valence-electron chi connectivity index (χ4n) is 6.59. The van der Waals surface area contributed by atoms with Crippen molar-refractivity contribution in [2.45, 2.75) is 55.6 Å². The fourth-order valence-corrected chi connectivity index (χ4v) is 6.59. The van der Waals surface area contributed by atoms with E-state index in [1.54, 1.807) is 37.4 Å². The summed E-state index contributed by atoms with van der Waals surface area (Å²) < 4.78 is 17.1. The summed E-state index contributed by atoms with van der Waals surface area (Å²) in [4.78, 5) is 25.7. The van der Waals surface area contributed by atoms with Gasteiger partial charge in [0.15, 0.2) is 23.4 Å². The van der Waals surface area contributed by atoms with E-state index in [9.17, 15) is 14.7 Å². The van der Waals surface area contributed by atoms with Crippen molar-refractivity contribution in [3.05, 3.63) is 53.1 Å². The van der Waals surface area contributed by atoms with E-state index in [2.05, 4.69) is 0 Å². The van der Waals surface area contributed by atoms with E-state index in [1.165, 1.54) is 0 Å². The second-order valence-corrected chi connectivity index (χ2v) is 9.20. The van der Waals surface area contributed by atoms with Gasteiger partial charge in [-0.1, -0.05) is 12.5 Å². The molecule has 0 radical (unpaired) electrons. The molecular weight excluding hydrogens is 396 g/mol. The van der Waals surface area contributed by atoms with Crippen LogP contribution in [0, 0.1) is 5.92 Å². The van der Waals surface area contributed by atoms with E-state index in [-0.39, 0.29) is 11.7 Å². The molecule has 4 aliphatic rings. The first-order valence-electron chi connectivity index (χ1n) is 10.9. The third kappa shape index (κ3) is 2.31. The Kier molecular flexibility index (Phi) is 3.85. The first kappa shape index (κ1) is 18.9. The number of aliphatic hydroxyl groups is 1. The minimum Gasteiger partial charge on any atom is -0.497 e. The van der Waals surface area contributed by atoms with Crippen LogP contribution in [0.15, 0.2) is 36.4 Å². The smallest absolute Gasteiger partial charge is 0.343 e. The van der Waals surface area contributed by atoms with Crippen LogP contribution in [0.25, 0.3) is 0 Å².